The van der Waals surface area contributed by atoms with Gasteiger partial charge in [0, 0.05) is 38.8 Å². The highest BCUT2D eigenvalue weighted by atomic mass is 15.3. The molecule has 0 saturated carbocycles. The fraction of sp³-hybridized carbons (Fsp3) is 0.636. The van der Waals surface area contributed by atoms with Crippen LogP contribution < -0.4 is 0 Å². The fourth-order valence-electron chi connectivity index (χ4n) is 1.86. The molecule has 1 aliphatic heterocycles. The topological polar surface area (TPSA) is 6.48 Å². The van der Waals surface area contributed by atoms with E-state index in [1.807, 2.05) is 12.2 Å². The van der Waals surface area contributed by atoms with Crippen LogP contribution >= 0.6 is 0 Å². The Morgan fingerprint density at radius 1 is 1.23 bits per heavy atom. The molecule has 13 heavy (non-hydrogen) atoms. The Labute approximate surface area is 81.5 Å². The molecule has 0 aromatic carbocycles. The van der Waals surface area contributed by atoms with Gasteiger partial charge >= 0.3 is 0 Å². The van der Waals surface area contributed by atoms with Gasteiger partial charge in [0.1, 0.15) is 0 Å². The molecule has 0 amide bonds. The van der Waals surface area contributed by atoms with Gasteiger partial charge in [-0.1, -0.05) is 12.2 Å². The van der Waals surface area contributed by atoms with Gasteiger partial charge in [-0.25, -0.2) is 0 Å². The van der Waals surface area contributed by atoms with Crippen molar-refractivity contribution >= 4 is 0 Å². The number of hydrogen-bond donors (Lipinski definition) is 0. The van der Waals surface area contributed by atoms with Crippen LogP contribution in [0.4, 0.5) is 0 Å². The summed E-state index contributed by atoms with van der Waals surface area (Å²) in [5, 5.41) is 0. The Kier molecular flexibility index (Phi) is 4.19. The second-order valence-corrected chi connectivity index (χ2v) is 3.68. The molecule has 0 aromatic heterocycles. The first-order valence-corrected chi connectivity index (χ1v) is 4.96. The van der Waals surface area contributed by atoms with Crippen molar-refractivity contribution < 1.29 is 0 Å². The van der Waals surface area contributed by atoms with Crippen LogP contribution in [0, 0.1) is 0 Å². The van der Waals surface area contributed by atoms with E-state index in [0.717, 1.165) is 32.7 Å². The highest BCUT2D eigenvalue weighted by Crippen LogP contribution is 2.08. The monoisotopic (exact) mass is 180 g/mol. The van der Waals surface area contributed by atoms with E-state index < -0.39 is 0 Å². The SMILES string of the molecule is C=CCN1CCN(CC=C)C(C)C1. The minimum atomic E-state index is 0.645. The van der Waals surface area contributed by atoms with Gasteiger partial charge in [0.25, 0.3) is 0 Å². The van der Waals surface area contributed by atoms with Crippen molar-refractivity contribution in [1.82, 2.24) is 9.80 Å². The van der Waals surface area contributed by atoms with Crippen LogP contribution in [0.15, 0.2) is 25.3 Å². The molecule has 1 unspecified atom stereocenters. The summed E-state index contributed by atoms with van der Waals surface area (Å²) in [6, 6.07) is 0.645. The first kappa shape index (κ1) is 10.5. The lowest BCUT2D eigenvalue weighted by molar-refractivity contribution is 0.102. The van der Waals surface area contributed by atoms with Gasteiger partial charge < -0.3 is 0 Å². The maximum atomic E-state index is 3.77. The second-order valence-electron chi connectivity index (χ2n) is 3.68. The lowest BCUT2D eigenvalue weighted by Crippen LogP contribution is -2.51. The van der Waals surface area contributed by atoms with Crippen molar-refractivity contribution in [3.05, 3.63) is 25.3 Å². The van der Waals surface area contributed by atoms with Gasteiger partial charge in [-0.3, -0.25) is 9.80 Å². The molecule has 0 aromatic rings. The minimum absolute atomic E-state index is 0.645. The number of nitrogens with zero attached hydrogens (tertiary/aromatic N) is 2. The van der Waals surface area contributed by atoms with E-state index in [-0.39, 0.29) is 0 Å². The summed E-state index contributed by atoms with van der Waals surface area (Å²) in [6.07, 6.45) is 3.97. The molecule has 0 aliphatic carbocycles. The molecule has 0 spiro atoms. The number of hydrogen-bond acceptors (Lipinski definition) is 2. The Morgan fingerprint density at radius 2 is 1.92 bits per heavy atom. The van der Waals surface area contributed by atoms with E-state index in [4.69, 9.17) is 0 Å². The van der Waals surface area contributed by atoms with Crippen molar-refractivity contribution in [3.63, 3.8) is 0 Å². The lowest BCUT2D eigenvalue weighted by Gasteiger charge is -2.38. The molecule has 74 valence electrons. The van der Waals surface area contributed by atoms with Gasteiger partial charge in [0.05, 0.1) is 0 Å². The van der Waals surface area contributed by atoms with Crippen LogP contribution in [0.2, 0.25) is 0 Å². The summed E-state index contributed by atoms with van der Waals surface area (Å²) in [5.74, 6) is 0. The lowest BCUT2D eigenvalue weighted by atomic mass is 10.2. The average Bonchev–Trinajstić information content (AvgIpc) is 2.10. The molecule has 0 radical (unpaired) electrons. The molecule has 0 bridgehead atoms. The summed E-state index contributed by atoms with van der Waals surface area (Å²) in [7, 11) is 0. The van der Waals surface area contributed by atoms with Gasteiger partial charge in [0.2, 0.25) is 0 Å². The summed E-state index contributed by atoms with van der Waals surface area (Å²) in [4.78, 5) is 4.91. The van der Waals surface area contributed by atoms with E-state index in [0.29, 0.717) is 6.04 Å². The molecule has 1 rings (SSSR count). The standard InChI is InChI=1S/C11H20N2/c1-4-6-12-8-9-13(7-5-2)11(3)10-12/h4-5,11H,1-2,6-10H2,3H3. The Bertz CT molecular complexity index is 177. The first-order valence-electron chi connectivity index (χ1n) is 4.96. The van der Waals surface area contributed by atoms with Gasteiger partial charge in [-0.05, 0) is 6.92 Å². The molecular formula is C11H20N2. The van der Waals surface area contributed by atoms with Crippen LogP contribution in [0.1, 0.15) is 6.92 Å². The van der Waals surface area contributed by atoms with Crippen molar-refractivity contribution in [2.24, 2.45) is 0 Å². The molecule has 1 fully saturated rings. The number of piperazine rings is 1. The highest BCUT2D eigenvalue weighted by molar-refractivity contribution is 4.86. The zero-order valence-electron chi connectivity index (χ0n) is 8.58. The Morgan fingerprint density at radius 3 is 2.46 bits per heavy atom. The highest BCUT2D eigenvalue weighted by Gasteiger charge is 2.21. The Balaban J connectivity index is 2.36. The summed E-state index contributed by atoms with van der Waals surface area (Å²) in [5.41, 5.74) is 0. The van der Waals surface area contributed by atoms with Crippen molar-refractivity contribution in [1.29, 1.82) is 0 Å². The van der Waals surface area contributed by atoms with E-state index >= 15 is 0 Å². The Hall–Kier alpha value is -0.600. The van der Waals surface area contributed by atoms with Crippen molar-refractivity contribution in [2.45, 2.75) is 13.0 Å². The van der Waals surface area contributed by atoms with Gasteiger partial charge in [-0.2, -0.15) is 0 Å². The summed E-state index contributed by atoms with van der Waals surface area (Å²) in [6.45, 7) is 15.3. The molecule has 2 nitrogen and oxygen atoms in total. The van der Waals surface area contributed by atoms with Crippen molar-refractivity contribution in [3.8, 4) is 0 Å². The quantitative estimate of drug-likeness (QED) is 0.603. The maximum Gasteiger partial charge on any atom is 0.0198 e. The van der Waals surface area contributed by atoms with E-state index in [1.165, 1.54) is 0 Å². The maximum absolute atomic E-state index is 3.77. The predicted molar refractivity (Wildman–Crippen MR) is 57.9 cm³/mol. The zero-order chi connectivity index (χ0) is 9.68. The van der Waals surface area contributed by atoms with Crippen molar-refractivity contribution in [2.75, 3.05) is 32.7 Å². The number of rotatable bonds is 4. The third-order valence-electron chi connectivity index (χ3n) is 2.60. The van der Waals surface area contributed by atoms with E-state index in [9.17, 15) is 0 Å². The molecule has 2 heteroatoms. The third kappa shape index (κ3) is 2.98. The van der Waals surface area contributed by atoms with Crippen LogP contribution in [-0.4, -0.2) is 48.6 Å². The zero-order valence-corrected chi connectivity index (χ0v) is 8.58. The smallest absolute Gasteiger partial charge is 0.0198 e. The largest absolute Gasteiger partial charge is 0.297 e. The van der Waals surface area contributed by atoms with Crippen LogP contribution in [0.5, 0.6) is 0 Å². The molecule has 1 aliphatic rings. The first-order chi connectivity index (χ1) is 6.27. The molecule has 1 atom stereocenters. The molecular weight excluding hydrogens is 160 g/mol. The fourth-order valence-corrected chi connectivity index (χ4v) is 1.86. The average molecular weight is 180 g/mol. The van der Waals surface area contributed by atoms with E-state index in [1.54, 1.807) is 0 Å². The second kappa shape index (κ2) is 5.20. The summed E-state index contributed by atoms with van der Waals surface area (Å²) >= 11 is 0. The van der Waals surface area contributed by atoms with Gasteiger partial charge in [-0.15, -0.1) is 13.2 Å². The normalized spacial score (nSPS) is 25.8. The van der Waals surface area contributed by atoms with Crippen LogP contribution in [-0.2, 0) is 0 Å². The predicted octanol–water partition coefficient (Wildman–Crippen LogP) is 1.36. The van der Waals surface area contributed by atoms with Gasteiger partial charge in [0.15, 0.2) is 0 Å². The molecule has 0 N–H and O–H groups in total. The van der Waals surface area contributed by atoms with Crippen LogP contribution in [0.3, 0.4) is 0 Å². The van der Waals surface area contributed by atoms with E-state index in [2.05, 4.69) is 29.9 Å². The molecule has 1 saturated heterocycles. The molecule has 1 heterocycles. The minimum Gasteiger partial charge on any atom is -0.297 e. The van der Waals surface area contributed by atoms with Crippen LogP contribution in [0.25, 0.3) is 0 Å². The summed E-state index contributed by atoms with van der Waals surface area (Å²) < 4.78 is 0. The third-order valence-corrected chi connectivity index (χ3v) is 2.60.